The second-order valence-corrected chi connectivity index (χ2v) is 26.0. The van der Waals surface area contributed by atoms with E-state index in [-0.39, 0.29) is 0 Å². The van der Waals surface area contributed by atoms with E-state index in [1.54, 1.807) is 0 Å². The molecule has 91 heteroatoms. The van der Waals surface area contributed by atoms with Crippen LogP contribution in [-0.4, -0.2) is 645 Å². The molecular weight excluding hydrogens is 996 g/mol. The summed E-state index contributed by atoms with van der Waals surface area (Å²) in [5.74, 6) is 0. The van der Waals surface area contributed by atoms with Crippen molar-refractivity contribution in [1.29, 1.82) is 0 Å². The van der Waals surface area contributed by atoms with Gasteiger partial charge in [0.25, 0.3) is 0 Å². The molecular formula is CHB91. The summed E-state index contributed by atoms with van der Waals surface area (Å²) < 4.78 is 0. The van der Waals surface area contributed by atoms with Gasteiger partial charge in [-0.05, 0) is 0 Å². The second kappa shape index (κ2) is 44.9. The Hall–Kier alpha value is 5.91. The van der Waals surface area contributed by atoms with Crippen LogP contribution in [0.3, 0.4) is 0 Å². The van der Waals surface area contributed by atoms with Crippen molar-refractivity contribution in [2.75, 3.05) is 0 Å². The van der Waals surface area contributed by atoms with Crippen molar-refractivity contribution >= 4 is 645 Å². The molecule has 0 atom stereocenters. The fourth-order valence-corrected chi connectivity index (χ4v) is 16.4. The molecule has 0 saturated carbocycles. The molecule has 278 valence electrons. The monoisotopic (exact) mass is 1010 g/mol. The predicted molar refractivity (Wildman–Crippen MR) is 527 cm³/mol. The van der Waals surface area contributed by atoms with Crippen molar-refractivity contribution in [3.63, 3.8) is 0 Å². The van der Waals surface area contributed by atoms with Crippen LogP contribution in [-0.2, 0) is 0 Å². The van der Waals surface area contributed by atoms with Gasteiger partial charge in [0.1, 0.15) is 0 Å². The van der Waals surface area contributed by atoms with Crippen LogP contribution in [0.25, 0.3) is 0 Å². The highest BCUT2D eigenvalue weighted by Gasteiger charge is 2.67. The van der Waals surface area contributed by atoms with Gasteiger partial charge in [-0.15, -0.1) is 5.62 Å². The van der Waals surface area contributed by atoms with Crippen LogP contribution >= 0.6 is 0 Å². The normalized spacial score (nSPS) is 9.92. The fraction of sp³-hybridized carbons (Fsp3) is 1.00. The summed E-state index contributed by atoms with van der Waals surface area (Å²) in [6.07, 6.45) is -73.5. The minimum absolute atomic E-state index is 1.72. The van der Waals surface area contributed by atoms with E-state index < -0.39 is 287 Å². The molecule has 0 aromatic heterocycles. The van der Waals surface area contributed by atoms with E-state index in [4.69, 9.17) is 364 Å². The summed E-state index contributed by atoms with van der Waals surface area (Å²) in [6.45, 7) is -6.23. The van der Waals surface area contributed by atoms with Gasteiger partial charge in [-0.3, -0.25) is 0 Å². The highest BCUT2D eigenvalue weighted by Crippen LogP contribution is 2.37. The van der Waals surface area contributed by atoms with Crippen LogP contribution in [0.1, 0.15) is 0 Å². The van der Waals surface area contributed by atoms with Gasteiger partial charge in [0.05, 0.1) is 0 Å². The first-order chi connectivity index (χ1) is 41.8. The molecule has 0 aliphatic rings. The quantitative estimate of drug-likeness (QED) is 0.0534. The maximum Gasteiger partial charge on any atom is 0.0294 e. The molecule has 0 rings (SSSR count). The van der Waals surface area contributed by atoms with Gasteiger partial charge in [-0.2, -0.15) is 0 Å². The lowest BCUT2D eigenvalue weighted by Gasteiger charge is -2.63. The van der Waals surface area contributed by atoms with E-state index >= 15 is 0 Å². The zero-order valence-electron chi connectivity index (χ0n) is 53.1. The Morgan fingerprint density at radius 1 is 0.0978 bits per heavy atom. The molecule has 0 fully saturated rings. The Morgan fingerprint density at radius 3 is 0.272 bits per heavy atom. The van der Waals surface area contributed by atoms with Crippen molar-refractivity contribution in [1.82, 2.24) is 0 Å². The molecule has 92 heavy (non-hydrogen) atoms. The zero-order chi connectivity index (χ0) is 73.0. The molecule has 0 aromatic rings. The predicted octanol–water partition coefficient (Wildman–Crippen LogP) is -34.3. The zero-order valence-corrected chi connectivity index (χ0v) is 53.1. The summed E-state index contributed by atoms with van der Waals surface area (Å²) in [7, 11) is 330. The van der Waals surface area contributed by atoms with Gasteiger partial charge in [0, 0.05) is 645 Å². The molecule has 0 saturated heterocycles. The van der Waals surface area contributed by atoms with Crippen LogP contribution in [0.5, 0.6) is 0 Å². The Kier molecular flexibility index (Phi) is 47.8. The Bertz CT molecular complexity index is 1500. The van der Waals surface area contributed by atoms with E-state index in [2.05, 4.69) is 0 Å². The molecule has 0 spiro atoms. The van der Waals surface area contributed by atoms with Gasteiger partial charge in [-0.25, -0.2) is 0 Å². The lowest BCUT2D eigenvalue weighted by molar-refractivity contribution is 1.80. The summed E-state index contributed by atoms with van der Waals surface area (Å²) in [5.41, 5.74) is -2.18. The average Bonchev–Trinajstić information content (AvgIpc) is 3.33. The summed E-state index contributed by atoms with van der Waals surface area (Å²) >= 11 is 0. The third-order valence-corrected chi connectivity index (χ3v) is 19.6. The standard InChI is InChI=1S/CHB91/c2-52(3)75(48)76(82(53(4)5)54(6)7)49(77(83(55(8)9)56(10)11)84(57(12)13)58(14)15)1(50(78(85(59(16)17)60(18)19)86(61(20)21)62(22)23)79(87(63(24)25)64(26)27)88(65(28)29)66(30)31)51(80(89(67(32)33)68(34)35)90(69(36)37)70(38)39)81(91(71(40)41)72(42)43)92(73(44)45)74(46)47/h1H. The maximum atomic E-state index is 7.61. The highest BCUT2D eigenvalue weighted by molar-refractivity contribution is 8.32. The molecule has 0 nitrogen and oxygen atoms in total. The summed E-state index contributed by atoms with van der Waals surface area (Å²) in [6, 6.07) is 0. The van der Waals surface area contributed by atoms with Gasteiger partial charge >= 0.3 is 0 Å². The lowest BCUT2D eigenvalue weighted by atomic mass is 8.27. The van der Waals surface area contributed by atoms with Gasteiger partial charge in [0.2, 0.25) is 0 Å². The summed E-state index contributed by atoms with van der Waals surface area (Å²) in [5, 5.41) is 0. The molecule has 0 unspecified atom stereocenters. The minimum atomic E-state index is -2.18. The maximum absolute atomic E-state index is 7.61. The van der Waals surface area contributed by atoms with Crippen molar-refractivity contribution in [2.45, 2.75) is 5.62 Å². The molecule has 0 N–H and O–H groups in total. The first-order valence-corrected chi connectivity index (χ1v) is 30.3. The van der Waals surface area contributed by atoms with E-state index in [0.29, 0.717) is 0 Å². The smallest absolute Gasteiger partial charge is 0.0294 e. The van der Waals surface area contributed by atoms with Crippen LogP contribution in [0.15, 0.2) is 0 Å². The highest BCUT2D eigenvalue weighted by atomic mass is 13.7. The Morgan fingerprint density at radius 2 is 0.185 bits per heavy atom. The van der Waals surface area contributed by atoms with Gasteiger partial charge in [-0.1, -0.05) is 0 Å². The molecule has 0 aromatic carbocycles. The molecule has 0 heterocycles. The number of rotatable bonds is 44. The Balaban J connectivity index is 14.0. The van der Waals surface area contributed by atoms with E-state index in [0.717, 1.165) is 0 Å². The first-order valence-electron chi connectivity index (χ1n) is 30.3. The average molecular weight is 997 g/mol. The van der Waals surface area contributed by atoms with Crippen LogP contribution in [0.4, 0.5) is 0 Å². The van der Waals surface area contributed by atoms with Gasteiger partial charge in [0.15, 0.2) is 0 Å². The van der Waals surface area contributed by atoms with E-state index in [9.17, 15) is 0 Å². The Labute approximate surface area is 644 Å². The molecule has 0 bridgehead atoms. The summed E-state index contributed by atoms with van der Waals surface area (Å²) in [4.78, 5) is 0. The second-order valence-electron chi connectivity index (χ2n) is 26.0. The fourth-order valence-electron chi connectivity index (χ4n) is 16.4. The van der Waals surface area contributed by atoms with Crippen molar-refractivity contribution in [2.24, 2.45) is 0 Å². The SMILES string of the molecule is [B]B([B])B([B])B(B(B([B])[B])B([B])[B])B(B(B(B([B])[B])B([B])[B])B(B([B])[B])B([B])[B])C(B(B(B(B([B])[B])B([B])[B])B(B([B])[B])B([B])[B])B(B(B([B])[B])B([B])[B])B(B([B])[B])B([B])[B])B(B(B(B([B])[B])B([B])[B])B(B([B])[B])B([B])[B])B(B(B([B])[B])B([B])[B])B(B([B])[B])B([B])[B]. The van der Waals surface area contributed by atoms with E-state index in [1.165, 1.54) is 0 Å². The topological polar surface area (TPSA) is 0 Å². The van der Waals surface area contributed by atoms with Crippen molar-refractivity contribution < 1.29 is 0 Å². The third kappa shape index (κ3) is 26.1. The molecule has 94 radical (unpaired) electrons. The molecule has 0 aliphatic carbocycles. The van der Waals surface area contributed by atoms with Crippen LogP contribution in [0, 0.1) is 0 Å². The van der Waals surface area contributed by atoms with Crippen molar-refractivity contribution in [3.8, 4) is 0 Å². The molecule has 0 amide bonds. The molecule has 0 aliphatic heterocycles. The first kappa shape index (κ1) is 97.9. The largest absolute Gasteiger partial charge is 0.146 e. The van der Waals surface area contributed by atoms with Crippen LogP contribution in [0.2, 0.25) is 5.62 Å². The number of hydrogen-bond acceptors (Lipinski definition) is 0. The van der Waals surface area contributed by atoms with Gasteiger partial charge < -0.3 is 0 Å². The number of hydrogen-bond donors (Lipinski definition) is 0. The van der Waals surface area contributed by atoms with Crippen LogP contribution < -0.4 is 0 Å². The van der Waals surface area contributed by atoms with Crippen molar-refractivity contribution in [3.05, 3.63) is 0 Å². The van der Waals surface area contributed by atoms with E-state index in [1.807, 2.05) is 0 Å². The lowest BCUT2D eigenvalue weighted by Crippen LogP contribution is -2.96. The minimum Gasteiger partial charge on any atom is -0.146 e. The third-order valence-electron chi connectivity index (χ3n) is 19.6.